The van der Waals surface area contributed by atoms with Crippen LogP contribution in [0.15, 0.2) is 36.5 Å². The third-order valence-electron chi connectivity index (χ3n) is 4.80. The molecule has 0 spiro atoms. The van der Waals surface area contributed by atoms with Crippen molar-refractivity contribution in [1.29, 1.82) is 0 Å². The van der Waals surface area contributed by atoms with Crippen molar-refractivity contribution in [2.24, 2.45) is 0 Å². The van der Waals surface area contributed by atoms with Crippen LogP contribution in [0.3, 0.4) is 0 Å². The molecule has 2 aromatic rings. The molecule has 1 fully saturated rings. The Morgan fingerprint density at radius 3 is 2.83 bits per heavy atom. The van der Waals surface area contributed by atoms with Gasteiger partial charge in [0.2, 0.25) is 5.54 Å². The maximum Gasteiger partial charge on any atom is 0.323 e. The number of nitrogen functional groups attached to an aromatic ring is 1. The fourth-order valence-corrected chi connectivity index (χ4v) is 3.30. The molecular weight excluding hydrogens is 374 g/mol. The zero-order chi connectivity index (χ0) is 20.6. The van der Waals surface area contributed by atoms with Crippen LogP contribution in [0.4, 0.5) is 10.5 Å². The highest BCUT2D eigenvalue weighted by molar-refractivity contribution is 6.10. The number of benzene rings is 1. The summed E-state index contributed by atoms with van der Waals surface area (Å²) in [5.74, 6) is 5.19. The number of amides is 4. The van der Waals surface area contributed by atoms with E-state index in [0.717, 1.165) is 5.56 Å². The Hall–Kier alpha value is -4.06. The van der Waals surface area contributed by atoms with Gasteiger partial charge in [-0.25, -0.2) is 9.78 Å². The van der Waals surface area contributed by atoms with Crippen molar-refractivity contribution in [2.45, 2.75) is 12.1 Å². The van der Waals surface area contributed by atoms with E-state index in [9.17, 15) is 14.4 Å². The minimum absolute atomic E-state index is 0.125. The largest absolute Gasteiger partial charge is 0.497 e. The number of hydrogen-bond donors (Lipinski definition) is 3. The van der Waals surface area contributed by atoms with Gasteiger partial charge in [0, 0.05) is 18.3 Å². The lowest BCUT2D eigenvalue weighted by Crippen LogP contribution is -2.54. The molecule has 0 aliphatic carbocycles. The van der Waals surface area contributed by atoms with Crippen LogP contribution < -0.4 is 21.1 Å². The zero-order valence-corrected chi connectivity index (χ0v) is 15.5. The molecule has 9 heteroatoms. The van der Waals surface area contributed by atoms with E-state index < -0.39 is 17.5 Å². The third kappa shape index (κ3) is 3.21. The molecule has 146 valence electrons. The Labute approximate surface area is 166 Å². The van der Waals surface area contributed by atoms with Crippen molar-refractivity contribution >= 4 is 23.5 Å². The topological polar surface area (TPSA) is 127 Å². The smallest absolute Gasteiger partial charge is 0.323 e. The summed E-state index contributed by atoms with van der Waals surface area (Å²) in [4.78, 5) is 42.8. The van der Waals surface area contributed by atoms with Gasteiger partial charge in [0.05, 0.1) is 19.3 Å². The van der Waals surface area contributed by atoms with Crippen molar-refractivity contribution in [2.75, 3.05) is 19.4 Å². The number of methoxy groups -OCH3 is 1. The molecule has 0 unspecified atom stereocenters. The van der Waals surface area contributed by atoms with E-state index in [1.165, 1.54) is 18.2 Å². The molecule has 4 N–H and O–H groups in total. The van der Waals surface area contributed by atoms with Crippen molar-refractivity contribution in [3.05, 3.63) is 53.3 Å². The number of ether oxygens (including phenoxy) is 1. The molecule has 2 aliphatic rings. The number of nitrogens with zero attached hydrogens (tertiary/aromatic N) is 2. The summed E-state index contributed by atoms with van der Waals surface area (Å²) in [6, 6.07) is 7.83. The molecule has 9 nitrogen and oxygen atoms in total. The second-order valence-corrected chi connectivity index (χ2v) is 6.69. The van der Waals surface area contributed by atoms with Gasteiger partial charge < -0.3 is 20.7 Å². The quantitative estimate of drug-likeness (QED) is 0.509. The highest BCUT2D eigenvalue weighted by atomic mass is 16.5. The fourth-order valence-electron chi connectivity index (χ4n) is 3.30. The van der Waals surface area contributed by atoms with E-state index in [2.05, 4.69) is 27.5 Å². The first-order valence-corrected chi connectivity index (χ1v) is 8.75. The highest BCUT2D eigenvalue weighted by Crippen LogP contribution is 2.28. The van der Waals surface area contributed by atoms with Crippen LogP contribution in [0.5, 0.6) is 5.75 Å². The van der Waals surface area contributed by atoms with Gasteiger partial charge in [-0.15, -0.1) is 0 Å². The predicted octanol–water partition coefficient (Wildman–Crippen LogP) is 0.258. The van der Waals surface area contributed by atoms with E-state index >= 15 is 0 Å². The minimum Gasteiger partial charge on any atom is -0.497 e. The number of hydrogen-bond acceptors (Lipinski definition) is 6. The van der Waals surface area contributed by atoms with Crippen LogP contribution >= 0.6 is 0 Å². The van der Waals surface area contributed by atoms with Crippen molar-refractivity contribution in [1.82, 2.24) is 20.5 Å². The molecule has 0 radical (unpaired) electrons. The Kier molecular flexibility index (Phi) is 4.31. The number of fused-ring (bicyclic) bond motifs is 1. The first-order chi connectivity index (χ1) is 13.9. The van der Waals surface area contributed by atoms with Gasteiger partial charge in [0.25, 0.3) is 11.8 Å². The summed E-state index contributed by atoms with van der Waals surface area (Å²) in [5, 5.41) is 4.73. The Bertz CT molecular complexity index is 1100. The average Bonchev–Trinajstić information content (AvgIpc) is 3.16. The number of carbonyl (C=O) groups is 3. The van der Waals surface area contributed by atoms with E-state index in [1.807, 2.05) is 0 Å². The number of anilines is 1. The van der Waals surface area contributed by atoms with Gasteiger partial charge in [0.1, 0.15) is 11.4 Å². The molecule has 1 aromatic heterocycles. The van der Waals surface area contributed by atoms with Crippen LogP contribution in [0, 0.1) is 11.8 Å². The predicted molar refractivity (Wildman–Crippen MR) is 103 cm³/mol. The second kappa shape index (κ2) is 6.83. The number of pyridine rings is 1. The summed E-state index contributed by atoms with van der Waals surface area (Å²) in [7, 11) is 1.52. The molecule has 1 aromatic carbocycles. The summed E-state index contributed by atoms with van der Waals surface area (Å²) in [6.45, 7) is 0.163. The number of carbonyl (C=O) groups excluding carboxylic acids is 3. The van der Waals surface area contributed by atoms with Crippen LogP contribution in [0.2, 0.25) is 0 Å². The molecule has 1 saturated heterocycles. The van der Waals surface area contributed by atoms with Crippen molar-refractivity contribution in [3.63, 3.8) is 0 Å². The van der Waals surface area contributed by atoms with E-state index in [1.54, 1.807) is 30.3 Å². The molecule has 1 atom stereocenters. The lowest BCUT2D eigenvalue weighted by molar-refractivity contribution is -0.122. The van der Waals surface area contributed by atoms with Crippen LogP contribution in [-0.4, -0.2) is 46.9 Å². The number of urea groups is 1. The van der Waals surface area contributed by atoms with Gasteiger partial charge in [-0.3, -0.25) is 14.9 Å². The SMILES string of the molecule is COc1ccc2c(c1)C(=O)N(C[C@@]1(C#Cc3ncccc3N)NC(=O)NC1=O)C2. The third-order valence-corrected chi connectivity index (χ3v) is 4.80. The van der Waals surface area contributed by atoms with Gasteiger partial charge in [-0.2, -0.15) is 0 Å². The molecule has 3 heterocycles. The molecule has 2 aliphatic heterocycles. The average molecular weight is 391 g/mol. The lowest BCUT2D eigenvalue weighted by atomic mass is 9.99. The van der Waals surface area contributed by atoms with Gasteiger partial charge in [-0.1, -0.05) is 12.0 Å². The molecule has 0 bridgehead atoms. The second-order valence-electron chi connectivity index (χ2n) is 6.69. The summed E-state index contributed by atoms with van der Waals surface area (Å²) >= 11 is 0. The van der Waals surface area contributed by atoms with E-state index in [4.69, 9.17) is 10.5 Å². The number of aromatic nitrogens is 1. The van der Waals surface area contributed by atoms with Gasteiger partial charge in [0.15, 0.2) is 0 Å². The maximum absolute atomic E-state index is 12.9. The molecule has 0 saturated carbocycles. The van der Waals surface area contributed by atoms with Crippen molar-refractivity contribution < 1.29 is 19.1 Å². The Balaban J connectivity index is 1.66. The van der Waals surface area contributed by atoms with Crippen LogP contribution in [0.25, 0.3) is 0 Å². The molecule has 4 amide bonds. The molecule has 29 heavy (non-hydrogen) atoms. The van der Waals surface area contributed by atoms with Gasteiger partial charge in [-0.05, 0) is 35.7 Å². The molecular formula is C20H17N5O4. The fraction of sp³-hybridized carbons (Fsp3) is 0.200. The zero-order valence-electron chi connectivity index (χ0n) is 15.5. The number of rotatable bonds is 3. The molecule has 4 rings (SSSR count). The van der Waals surface area contributed by atoms with Crippen molar-refractivity contribution in [3.8, 4) is 17.6 Å². The number of nitrogens with two attached hydrogens (primary N) is 1. The maximum atomic E-state index is 12.9. The normalized spacial score (nSPS) is 19.9. The van der Waals surface area contributed by atoms with Crippen LogP contribution in [-0.2, 0) is 11.3 Å². The Morgan fingerprint density at radius 1 is 1.31 bits per heavy atom. The lowest BCUT2D eigenvalue weighted by Gasteiger charge is -2.26. The van der Waals surface area contributed by atoms with Gasteiger partial charge >= 0.3 is 6.03 Å². The first-order valence-electron chi connectivity index (χ1n) is 8.75. The van der Waals surface area contributed by atoms with E-state index in [0.29, 0.717) is 17.0 Å². The first kappa shape index (κ1) is 18.3. The number of nitrogens with one attached hydrogen (secondary N) is 2. The highest BCUT2D eigenvalue weighted by Gasteiger charge is 2.48. The van der Waals surface area contributed by atoms with E-state index in [-0.39, 0.29) is 24.7 Å². The summed E-state index contributed by atoms with van der Waals surface area (Å²) in [6.07, 6.45) is 1.52. The van der Waals surface area contributed by atoms with Crippen LogP contribution in [0.1, 0.15) is 21.6 Å². The number of imide groups is 1. The standard InChI is InChI=1S/C20H17N5O4/c1-29-13-5-4-12-10-25(17(26)14(12)9-13)11-20(18(27)23-19(28)24-20)7-6-16-15(21)3-2-8-22-16/h2-5,8-9H,10-11,21H2,1H3,(H2,23,24,27,28)/t20-/m1/s1. The summed E-state index contributed by atoms with van der Waals surface area (Å²) in [5.41, 5.74) is 6.16. The minimum atomic E-state index is -1.61. The summed E-state index contributed by atoms with van der Waals surface area (Å²) < 4.78 is 5.17. The monoisotopic (exact) mass is 391 g/mol. The Morgan fingerprint density at radius 2 is 2.14 bits per heavy atom.